The van der Waals surface area contributed by atoms with Crippen molar-refractivity contribution >= 4 is 60.6 Å². The molecule has 0 saturated heterocycles. The minimum absolute atomic E-state index is 0.0306. The molecule has 190 valence electrons. The van der Waals surface area contributed by atoms with Crippen LogP contribution < -0.4 is 20.3 Å². The van der Waals surface area contributed by atoms with Crippen LogP contribution in [0.2, 0.25) is 0 Å². The molecule has 0 aliphatic heterocycles. The monoisotopic (exact) mass is 626 g/mol. The number of methoxy groups -OCH3 is 1. The van der Waals surface area contributed by atoms with Gasteiger partial charge >= 0.3 is 0 Å². The summed E-state index contributed by atoms with van der Waals surface area (Å²) in [5, 5.41) is 7.70. The fourth-order valence-electron chi connectivity index (χ4n) is 3.59. The van der Waals surface area contributed by atoms with E-state index in [9.17, 15) is 9.59 Å². The van der Waals surface area contributed by atoms with Crippen LogP contribution in [-0.4, -0.2) is 35.5 Å². The maximum atomic E-state index is 13.2. The van der Waals surface area contributed by atoms with Crippen LogP contribution in [0.15, 0.2) is 79.5 Å². The number of halogens is 2. The Morgan fingerprint density at radius 3 is 2.59 bits per heavy atom. The Hall–Kier alpha value is -3.50. The van der Waals surface area contributed by atoms with Crippen LogP contribution in [0, 0.1) is 0 Å². The third-order valence-corrected chi connectivity index (χ3v) is 6.41. The zero-order chi connectivity index (χ0) is 26.5. The van der Waals surface area contributed by atoms with Crippen LogP contribution in [0.3, 0.4) is 0 Å². The zero-order valence-electron chi connectivity index (χ0n) is 20.4. The molecule has 0 atom stereocenters. The van der Waals surface area contributed by atoms with Crippen molar-refractivity contribution in [3.8, 4) is 11.5 Å². The number of anilines is 1. The van der Waals surface area contributed by atoms with Gasteiger partial charge in [0.15, 0.2) is 18.1 Å². The third kappa shape index (κ3) is 6.26. The number of fused-ring (bicyclic) bond motifs is 1. The Labute approximate surface area is 230 Å². The summed E-state index contributed by atoms with van der Waals surface area (Å²) in [6, 6.07) is 18.0. The molecule has 0 bridgehead atoms. The van der Waals surface area contributed by atoms with Crippen molar-refractivity contribution in [2.75, 3.05) is 19.0 Å². The van der Waals surface area contributed by atoms with E-state index in [1.54, 1.807) is 36.5 Å². The van der Waals surface area contributed by atoms with E-state index in [-0.39, 0.29) is 24.0 Å². The van der Waals surface area contributed by atoms with Gasteiger partial charge in [0.25, 0.3) is 11.5 Å². The number of aromatic nitrogens is 2. The van der Waals surface area contributed by atoms with Gasteiger partial charge in [-0.05, 0) is 64.0 Å². The van der Waals surface area contributed by atoms with Crippen LogP contribution in [0.25, 0.3) is 10.9 Å². The summed E-state index contributed by atoms with van der Waals surface area (Å²) in [5.74, 6) is 0.991. The van der Waals surface area contributed by atoms with Crippen molar-refractivity contribution < 1.29 is 14.3 Å². The molecule has 10 heteroatoms. The first-order valence-corrected chi connectivity index (χ1v) is 13.0. The van der Waals surface area contributed by atoms with E-state index < -0.39 is 0 Å². The molecule has 8 nitrogen and oxygen atoms in total. The Balaban J connectivity index is 1.60. The maximum absolute atomic E-state index is 13.2. The second kappa shape index (κ2) is 11.7. The first kappa shape index (κ1) is 26.6. The topological polar surface area (TPSA) is 94.8 Å². The van der Waals surface area contributed by atoms with Gasteiger partial charge in [-0.3, -0.25) is 9.59 Å². The number of rotatable bonds is 8. The third-order valence-electron chi connectivity index (χ3n) is 5.33. The fraction of sp³-hybridized carbons (Fsp3) is 0.185. The first-order chi connectivity index (χ1) is 17.8. The number of hydrogen-bond donors (Lipinski definition) is 1. The molecule has 0 saturated carbocycles. The summed E-state index contributed by atoms with van der Waals surface area (Å²) in [7, 11) is 1.51. The first-order valence-electron chi connectivity index (χ1n) is 11.4. The summed E-state index contributed by atoms with van der Waals surface area (Å²) >= 11 is 6.90. The number of para-hydroxylation sites is 1. The minimum Gasteiger partial charge on any atom is -0.493 e. The molecule has 1 heterocycles. The van der Waals surface area contributed by atoms with Crippen molar-refractivity contribution in [1.29, 1.82) is 0 Å². The van der Waals surface area contributed by atoms with Crippen molar-refractivity contribution in [2.24, 2.45) is 5.10 Å². The van der Waals surface area contributed by atoms with Crippen LogP contribution in [0.1, 0.15) is 31.2 Å². The van der Waals surface area contributed by atoms with Crippen LogP contribution in [0.4, 0.5) is 5.69 Å². The molecule has 0 aliphatic carbocycles. The number of carbonyl (C=O) groups is 1. The SMILES string of the molecule is COc1cc(C=Nn2c(C(C)C)nc3ccc(Br)cc3c2=O)cc(Br)c1OCC(=O)Nc1ccccc1. The Bertz CT molecular complexity index is 1540. The molecular weight excluding hydrogens is 604 g/mol. The molecule has 3 aromatic carbocycles. The molecular formula is C27H24Br2N4O4. The molecule has 4 rings (SSSR count). The summed E-state index contributed by atoms with van der Waals surface area (Å²) < 4.78 is 13.9. The lowest BCUT2D eigenvalue weighted by molar-refractivity contribution is -0.118. The van der Waals surface area contributed by atoms with E-state index in [1.165, 1.54) is 11.8 Å². The highest BCUT2D eigenvalue weighted by molar-refractivity contribution is 9.10. The number of ether oxygens (including phenoxy) is 2. The Kier molecular flexibility index (Phi) is 8.40. The van der Waals surface area contributed by atoms with Crippen LogP contribution >= 0.6 is 31.9 Å². The maximum Gasteiger partial charge on any atom is 0.282 e. The number of hydrogen-bond acceptors (Lipinski definition) is 6. The molecule has 0 fully saturated rings. The zero-order valence-corrected chi connectivity index (χ0v) is 23.5. The van der Waals surface area contributed by atoms with Crippen molar-refractivity contribution in [2.45, 2.75) is 19.8 Å². The molecule has 1 N–H and O–H groups in total. The second-order valence-electron chi connectivity index (χ2n) is 8.38. The molecule has 37 heavy (non-hydrogen) atoms. The van der Waals surface area contributed by atoms with Crippen LogP contribution in [-0.2, 0) is 4.79 Å². The van der Waals surface area contributed by atoms with E-state index in [0.717, 1.165) is 4.47 Å². The van der Waals surface area contributed by atoms with Crippen molar-refractivity contribution in [3.63, 3.8) is 0 Å². The van der Waals surface area contributed by atoms with Gasteiger partial charge in [-0.15, -0.1) is 0 Å². The molecule has 0 unspecified atom stereocenters. The summed E-state index contributed by atoms with van der Waals surface area (Å²) in [5.41, 5.74) is 1.69. The smallest absolute Gasteiger partial charge is 0.282 e. The van der Waals surface area contributed by atoms with Gasteiger partial charge in [-0.25, -0.2) is 4.98 Å². The van der Waals surface area contributed by atoms with Gasteiger partial charge in [0.2, 0.25) is 0 Å². The molecule has 1 aromatic heterocycles. The highest BCUT2D eigenvalue weighted by atomic mass is 79.9. The fourth-order valence-corrected chi connectivity index (χ4v) is 4.52. The highest BCUT2D eigenvalue weighted by Crippen LogP contribution is 2.36. The van der Waals surface area contributed by atoms with Gasteiger partial charge in [0.05, 0.1) is 28.7 Å². The predicted molar refractivity (Wildman–Crippen MR) is 152 cm³/mol. The van der Waals surface area contributed by atoms with E-state index in [0.29, 0.717) is 43.9 Å². The summed E-state index contributed by atoms with van der Waals surface area (Å²) in [4.78, 5) is 30.2. The average Bonchev–Trinajstić information content (AvgIpc) is 2.87. The predicted octanol–water partition coefficient (Wildman–Crippen LogP) is 5.95. The number of amides is 1. The Morgan fingerprint density at radius 1 is 1.14 bits per heavy atom. The molecule has 0 aliphatic rings. The summed E-state index contributed by atoms with van der Waals surface area (Å²) in [6.07, 6.45) is 1.55. The normalized spacial score (nSPS) is 11.3. The van der Waals surface area contributed by atoms with E-state index in [1.807, 2.05) is 44.2 Å². The van der Waals surface area contributed by atoms with Gasteiger partial charge < -0.3 is 14.8 Å². The lowest BCUT2D eigenvalue weighted by Gasteiger charge is -2.14. The van der Waals surface area contributed by atoms with Gasteiger partial charge in [-0.1, -0.05) is 48.0 Å². The second-order valence-corrected chi connectivity index (χ2v) is 10.2. The number of nitrogens with zero attached hydrogens (tertiary/aromatic N) is 3. The van der Waals surface area contributed by atoms with Gasteiger partial charge in [-0.2, -0.15) is 9.78 Å². The minimum atomic E-state index is -0.304. The standard InChI is InChI=1S/C27H24Br2N4O4/c1-16(2)26-32-22-10-9-18(28)13-20(22)27(35)33(26)30-14-17-11-21(29)25(23(12-17)36-3)37-15-24(34)31-19-7-5-4-6-8-19/h4-14,16H,15H2,1-3H3,(H,31,34). The lowest BCUT2D eigenvalue weighted by atomic mass is 10.2. The lowest BCUT2D eigenvalue weighted by Crippen LogP contribution is -2.23. The van der Waals surface area contributed by atoms with E-state index in [2.05, 4.69) is 47.3 Å². The quantitative estimate of drug-likeness (QED) is 0.244. The van der Waals surface area contributed by atoms with Crippen molar-refractivity contribution in [3.05, 3.63) is 91.4 Å². The molecule has 1 amide bonds. The molecule has 0 radical (unpaired) electrons. The number of benzene rings is 3. The number of carbonyl (C=O) groups excluding carboxylic acids is 1. The van der Waals surface area contributed by atoms with Gasteiger partial charge in [0, 0.05) is 16.1 Å². The largest absolute Gasteiger partial charge is 0.493 e. The van der Waals surface area contributed by atoms with Gasteiger partial charge in [0.1, 0.15) is 5.82 Å². The molecule has 0 spiro atoms. The molecule has 4 aromatic rings. The van der Waals surface area contributed by atoms with Crippen molar-refractivity contribution in [1.82, 2.24) is 9.66 Å². The Morgan fingerprint density at radius 2 is 1.89 bits per heavy atom. The number of nitrogens with one attached hydrogen (secondary N) is 1. The highest BCUT2D eigenvalue weighted by Gasteiger charge is 2.16. The average molecular weight is 628 g/mol. The summed E-state index contributed by atoms with van der Waals surface area (Å²) in [6.45, 7) is 3.71. The van der Waals surface area contributed by atoms with E-state index in [4.69, 9.17) is 9.47 Å². The van der Waals surface area contributed by atoms with E-state index >= 15 is 0 Å². The van der Waals surface area contributed by atoms with Crippen LogP contribution in [0.5, 0.6) is 11.5 Å².